The third-order valence-corrected chi connectivity index (χ3v) is 5.03. The maximum absolute atomic E-state index is 12.2. The van der Waals surface area contributed by atoms with Gasteiger partial charge < -0.3 is 10.0 Å². The van der Waals surface area contributed by atoms with Gasteiger partial charge in [-0.2, -0.15) is 0 Å². The second-order valence-electron chi connectivity index (χ2n) is 5.67. The maximum atomic E-state index is 12.2. The molecule has 5 nitrogen and oxygen atoms in total. The molecule has 0 fully saturated rings. The highest BCUT2D eigenvalue weighted by Crippen LogP contribution is 2.18. The SMILES string of the molecule is Cc1ccc(S(=O)(=O)NC[C@@H](O)c2ccc(N(C)C)cc2)cc1. The van der Waals surface area contributed by atoms with E-state index in [4.69, 9.17) is 0 Å². The van der Waals surface area contributed by atoms with Crippen LogP contribution in [0.15, 0.2) is 53.4 Å². The predicted octanol–water partition coefficient (Wildman–Crippen LogP) is 2.07. The highest BCUT2D eigenvalue weighted by atomic mass is 32.2. The minimum atomic E-state index is -3.62. The molecule has 0 unspecified atom stereocenters. The van der Waals surface area contributed by atoms with Gasteiger partial charge in [0.25, 0.3) is 0 Å². The largest absolute Gasteiger partial charge is 0.387 e. The van der Waals surface area contributed by atoms with Gasteiger partial charge in [0.05, 0.1) is 11.0 Å². The van der Waals surface area contributed by atoms with Crippen LogP contribution in [-0.4, -0.2) is 34.2 Å². The summed E-state index contributed by atoms with van der Waals surface area (Å²) in [6, 6.07) is 13.9. The van der Waals surface area contributed by atoms with Crippen LogP contribution < -0.4 is 9.62 Å². The Labute approximate surface area is 137 Å². The lowest BCUT2D eigenvalue weighted by Crippen LogP contribution is -2.28. The minimum absolute atomic E-state index is 0.0719. The van der Waals surface area contributed by atoms with Crippen LogP contribution in [0, 0.1) is 6.92 Å². The molecule has 2 N–H and O–H groups in total. The van der Waals surface area contributed by atoms with Crippen molar-refractivity contribution in [2.75, 3.05) is 25.5 Å². The van der Waals surface area contributed by atoms with E-state index in [1.54, 1.807) is 36.4 Å². The van der Waals surface area contributed by atoms with Crippen molar-refractivity contribution in [2.45, 2.75) is 17.9 Å². The monoisotopic (exact) mass is 334 g/mol. The molecule has 0 amide bonds. The maximum Gasteiger partial charge on any atom is 0.240 e. The van der Waals surface area contributed by atoms with Crippen LogP contribution in [0.5, 0.6) is 0 Å². The number of hydrogen-bond donors (Lipinski definition) is 2. The van der Waals surface area contributed by atoms with E-state index < -0.39 is 16.1 Å². The van der Waals surface area contributed by atoms with Gasteiger partial charge in [-0.3, -0.25) is 0 Å². The molecule has 2 aromatic rings. The first-order valence-corrected chi connectivity index (χ1v) is 8.79. The molecule has 1 atom stereocenters. The summed E-state index contributed by atoms with van der Waals surface area (Å²) >= 11 is 0. The summed E-state index contributed by atoms with van der Waals surface area (Å²) in [6.07, 6.45) is -0.897. The molecule has 0 aliphatic rings. The highest BCUT2D eigenvalue weighted by Gasteiger charge is 2.16. The summed E-state index contributed by atoms with van der Waals surface area (Å²) in [5.74, 6) is 0. The molecule has 23 heavy (non-hydrogen) atoms. The van der Waals surface area contributed by atoms with Crippen LogP contribution in [-0.2, 0) is 10.0 Å². The first-order valence-electron chi connectivity index (χ1n) is 7.31. The van der Waals surface area contributed by atoms with Gasteiger partial charge in [0, 0.05) is 26.3 Å². The molecule has 0 aliphatic heterocycles. The van der Waals surface area contributed by atoms with Crippen LogP contribution in [0.2, 0.25) is 0 Å². The molecular formula is C17H22N2O3S. The highest BCUT2D eigenvalue weighted by molar-refractivity contribution is 7.89. The molecule has 0 aromatic heterocycles. The van der Waals surface area contributed by atoms with Gasteiger partial charge in [-0.05, 0) is 36.8 Å². The molecule has 0 saturated heterocycles. The second-order valence-corrected chi connectivity index (χ2v) is 7.43. The Morgan fingerprint density at radius 3 is 2.13 bits per heavy atom. The van der Waals surface area contributed by atoms with Crippen molar-refractivity contribution < 1.29 is 13.5 Å². The zero-order chi connectivity index (χ0) is 17.0. The van der Waals surface area contributed by atoms with Crippen LogP contribution in [0.3, 0.4) is 0 Å². The zero-order valence-corrected chi connectivity index (χ0v) is 14.3. The van der Waals surface area contributed by atoms with Crippen molar-refractivity contribution in [1.29, 1.82) is 0 Å². The topological polar surface area (TPSA) is 69.6 Å². The van der Waals surface area contributed by atoms with Crippen LogP contribution in [0.4, 0.5) is 5.69 Å². The van der Waals surface area contributed by atoms with E-state index in [0.717, 1.165) is 11.3 Å². The van der Waals surface area contributed by atoms with Crippen LogP contribution >= 0.6 is 0 Å². The predicted molar refractivity (Wildman–Crippen MR) is 92.1 cm³/mol. The summed E-state index contributed by atoms with van der Waals surface area (Å²) in [5.41, 5.74) is 2.67. The fourth-order valence-electron chi connectivity index (χ4n) is 2.10. The van der Waals surface area contributed by atoms with E-state index in [0.29, 0.717) is 5.56 Å². The molecule has 0 spiro atoms. The summed E-state index contributed by atoms with van der Waals surface area (Å²) < 4.78 is 26.8. The van der Waals surface area contributed by atoms with Crippen LogP contribution in [0.1, 0.15) is 17.2 Å². The van der Waals surface area contributed by atoms with Gasteiger partial charge in [-0.1, -0.05) is 29.8 Å². The molecule has 0 radical (unpaired) electrons. The lowest BCUT2D eigenvalue weighted by atomic mass is 10.1. The third-order valence-electron chi connectivity index (χ3n) is 3.59. The number of aryl methyl sites for hydroxylation is 1. The molecule has 2 aromatic carbocycles. The Kier molecular flexibility index (Phi) is 5.41. The summed E-state index contributed by atoms with van der Waals surface area (Å²) in [7, 11) is 0.243. The van der Waals surface area contributed by atoms with Crippen molar-refractivity contribution in [1.82, 2.24) is 4.72 Å². The first kappa shape index (κ1) is 17.5. The fourth-order valence-corrected chi connectivity index (χ4v) is 3.14. The Balaban J connectivity index is 2.03. The number of nitrogens with one attached hydrogen (secondary N) is 1. The van der Waals surface area contributed by atoms with Crippen molar-refractivity contribution in [3.8, 4) is 0 Å². The number of nitrogens with zero attached hydrogens (tertiary/aromatic N) is 1. The van der Waals surface area contributed by atoms with E-state index in [1.807, 2.05) is 38.1 Å². The molecule has 0 bridgehead atoms. The van der Waals surface area contributed by atoms with Crippen LogP contribution in [0.25, 0.3) is 0 Å². The third kappa shape index (κ3) is 4.54. The Bertz CT molecular complexity index is 738. The number of hydrogen-bond acceptors (Lipinski definition) is 4. The van der Waals surface area contributed by atoms with Gasteiger partial charge in [-0.25, -0.2) is 13.1 Å². The standard InChI is InChI=1S/C17H22N2O3S/c1-13-4-10-16(11-5-13)23(21,22)18-12-17(20)14-6-8-15(9-7-14)19(2)3/h4-11,17-18,20H,12H2,1-3H3/t17-/m1/s1. The average molecular weight is 334 g/mol. The quantitative estimate of drug-likeness (QED) is 0.848. The van der Waals surface area contributed by atoms with E-state index in [2.05, 4.69) is 4.72 Å². The van der Waals surface area contributed by atoms with E-state index in [-0.39, 0.29) is 11.4 Å². The van der Waals surface area contributed by atoms with Gasteiger partial charge in [-0.15, -0.1) is 0 Å². The summed E-state index contributed by atoms with van der Waals surface area (Å²) in [5, 5.41) is 10.2. The number of anilines is 1. The molecule has 6 heteroatoms. The van der Waals surface area contributed by atoms with Crippen molar-refractivity contribution in [3.63, 3.8) is 0 Å². The minimum Gasteiger partial charge on any atom is -0.387 e. The van der Waals surface area contributed by atoms with Crippen molar-refractivity contribution >= 4 is 15.7 Å². The molecule has 2 rings (SSSR count). The van der Waals surface area contributed by atoms with Gasteiger partial charge in [0.1, 0.15) is 0 Å². The smallest absolute Gasteiger partial charge is 0.240 e. The van der Waals surface area contributed by atoms with E-state index in [9.17, 15) is 13.5 Å². The number of sulfonamides is 1. The molecule has 124 valence electrons. The Morgan fingerprint density at radius 1 is 1.04 bits per heavy atom. The van der Waals surface area contributed by atoms with Crippen molar-refractivity contribution in [3.05, 3.63) is 59.7 Å². The van der Waals surface area contributed by atoms with E-state index >= 15 is 0 Å². The lowest BCUT2D eigenvalue weighted by Gasteiger charge is -2.16. The van der Waals surface area contributed by atoms with E-state index in [1.165, 1.54) is 0 Å². The molecule has 0 aliphatic carbocycles. The van der Waals surface area contributed by atoms with Crippen molar-refractivity contribution in [2.24, 2.45) is 0 Å². The number of aliphatic hydroxyl groups excluding tert-OH is 1. The summed E-state index contributed by atoms with van der Waals surface area (Å²) in [4.78, 5) is 2.15. The Hall–Kier alpha value is -1.89. The molecular weight excluding hydrogens is 312 g/mol. The normalized spacial score (nSPS) is 12.9. The number of benzene rings is 2. The average Bonchev–Trinajstić information content (AvgIpc) is 2.53. The number of aliphatic hydroxyl groups is 1. The summed E-state index contributed by atoms with van der Waals surface area (Å²) in [6.45, 7) is 1.82. The Morgan fingerprint density at radius 2 is 1.61 bits per heavy atom. The lowest BCUT2D eigenvalue weighted by molar-refractivity contribution is 0.182. The van der Waals surface area contributed by atoms with Gasteiger partial charge in [0.15, 0.2) is 0 Å². The van der Waals surface area contributed by atoms with Gasteiger partial charge >= 0.3 is 0 Å². The second kappa shape index (κ2) is 7.12. The molecule has 0 saturated carbocycles. The fraction of sp³-hybridized carbons (Fsp3) is 0.294. The number of rotatable bonds is 6. The molecule has 0 heterocycles. The van der Waals surface area contributed by atoms with Gasteiger partial charge in [0.2, 0.25) is 10.0 Å². The first-order chi connectivity index (χ1) is 10.8. The zero-order valence-electron chi connectivity index (χ0n) is 13.5.